The summed E-state index contributed by atoms with van der Waals surface area (Å²) in [6.07, 6.45) is 1.35. The number of piperidine rings is 1. The molecule has 3 aliphatic rings. The Balaban J connectivity index is 1.50. The maximum absolute atomic E-state index is 14.7. The van der Waals surface area contributed by atoms with Gasteiger partial charge in [0.1, 0.15) is 5.82 Å². The third kappa shape index (κ3) is 3.64. The summed E-state index contributed by atoms with van der Waals surface area (Å²) in [7, 11) is 0. The second-order valence-corrected chi connectivity index (χ2v) is 8.48. The van der Waals surface area contributed by atoms with Crippen LogP contribution in [0.5, 0.6) is 0 Å². The molecular weight excluding hydrogens is 419 g/mol. The van der Waals surface area contributed by atoms with Gasteiger partial charge in [0.2, 0.25) is 0 Å². The number of alkyl halides is 2. The minimum atomic E-state index is -2.88. The predicted molar refractivity (Wildman–Crippen MR) is 116 cm³/mol. The highest BCUT2D eigenvalue weighted by molar-refractivity contribution is 5.92. The molecule has 5 heterocycles. The van der Waals surface area contributed by atoms with Crippen LogP contribution in [0.3, 0.4) is 0 Å². The van der Waals surface area contributed by atoms with Crippen molar-refractivity contribution < 1.29 is 17.9 Å². The monoisotopic (exact) mass is 443 g/mol. The lowest BCUT2D eigenvalue weighted by molar-refractivity contribution is -0.0225. The Labute approximate surface area is 183 Å². The number of nitrogens with zero attached hydrogens (tertiary/aromatic N) is 4. The molecule has 1 aromatic carbocycles. The molecule has 3 saturated heterocycles. The zero-order valence-corrected chi connectivity index (χ0v) is 17.9. The Morgan fingerprint density at radius 1 is 1.19 bits per heavy atom. The van der Waals surface area contributed by atoms with E-state index in [1.54, 1.807) is 6.92 Å². The molecule has 2 bridgehead atoms. The number of halogens is 3. The number of rotatable bonds is 5. The van der Waals surface area contributed by atoms with Crippen LogP contribution >= 0.6 is 0 Å². The molecule has 0 amide bonds. The number of benzene rings is 1. The Bertz CT molecular complexity index is 1150. The van der Waals surface area contributed by atoms with E-state index in [1.807, 2.05) is 19.2 Å². The highest BCUT2D eigenvalue weighted by Gasteiger charge is 2.35. The summed E-state index contributed by atoms with van der Waals surface area (Å²) in [4.78, 5) is 6.96. The molecule has 3 aromatic rings. The van der Waals surface area contributed by atoms with Gasteiger partial charge in [0, 0.05) is 17.5 Å². The molecule has 2 unspecified atom stereocenters. The van der Waals surface area contributed by atoms with Crippen LogP contribution in [-0.2, 0) is 4.74 Å². The Morgan fingerprint density at radius 3 is 2.69 bits per heavy atom. The molecule has 0 radical (unpaired) electrons. The molecule has 2 aromatic heterocycles. The van der Waals surface area contributed by atoms with Gasteiger partial charge in [0.15, 0.2) is 5.82 Å². The van der Waals surface area contributed by atoms with Gasteiger partial charge in [-0.2, -0.15) is 5.10 Å². The molecule has 0 aliphatic carbocycles. The fourth-order valence-electron chi connectivity index (χ4n) is 4.63. The lowest BCUT2D eigenvalue weighted by Crippen LogP contribution is -2.54. The predicted octanol–water partition coefficient (Wildman–Crippen LogP) is 4.95. The number of hydrogen-bond donors (Lipinski definition) is 1. The van der Waals surface area contributed by atoms with Crippen molar-refractivity contribution in [2.45, 2.75) is 51.3 Å². The van der Waals surface area contributed by atoms with Gasteiger partial charge in [0.05, 0.1) is 53.5 Å². The summed E-state index contributed by atoms with van der Waals surface area (Å²) < 4.78 is 46.7. The lowest BCUT2D eigenvalue weighted by Gasteiger charge is -2.46. The van der Waals surface area contributed by atoms with E-state index in [2.05, 4.69) is 25.4 Å². The van der Waals surface area contributed by atoms with Crippen molar-refractivity contribution >= 4 is 22.4 Å². The van der Waals surface area contributed by atoms with Gasteiger partial charge in [0.25, 0.3) is 6.43 Å². The van der Waals surface area contributed by atoms with Crippen LogP contribution in [0.2, 0.25) is 0 Å². The Morgan fingerprint density at radius 2 is 2.00 bits per heavy atom. The molecule has 6 rings (SSSR count). The standard InChI is InChI=1S/C23H24F3N5O/c1-12(17-4-3-5-18(20(17)24)22(25)26)28-23-19-8-15(9-27-21(19)13(2)29-30-23)31-10-16-7-6-14(31)11-32-16/h3-5,8-9,12,14,16,22H,6-7,10-11H2,1-2H3,(H,28,30)/t12-,14?,16?/m1/s1. The number of morpholine rings is 1. The number of nitrogens with one attached hydrogen (secondary N) is 1. The van der Waals surface area contributed by atoms with Gasteiger partial charge < -0.3 is 15.0 Å². The second kappa shape index (κ2) is 8.20. The number of aromatic nitrogens is 3. The fraction of sp³-hybridized carbons (Fsp3) is 0.435. The smallest absolute Gasteiger partial charge is 0.266 e. The number of pyridine rings is 1. The highest BCUT2D eigenvalue weighted by atomic mass is 19.3. The van der Waals surface area contributed by atoms with E-state index >= 15 is 0 Å². The summed E-state index contributed by atoms with van der Waals surface area (Å²) in [5.41, 5.74) is 1.89. The van der Waals surface area contributed by atoms with Crippen LogP contribution < -0.4 is 10.2 Å². The van der Waals surface area contributed by atoms with Crippen LogP contribution in [0.15, 0.2) is 30.5 Å². The molecule has 0 saturated carbocycles. The van der Waals surface area contributed by atoms with E-state index in [0.717, 1.165) is 36.5 Å². The van der Waals surface area contributed by atoms with Crippen molar-refractivity contribution in [1.29, 1.82) is 0 Å². The van der Waals surface area contributed by atoms with Crippen LogP contribution in [0, 0.1) is 12.7 Å². The summed E-state index contributed by atoms with van der Waals surface area (Å²) in [6.45, 7) is 5.06. The summed E-state index contributed by atoms with van der Waals surface area (Å²) in [6, 6.07) is 5.77. The minimum Gasteiger partial charge on any atom is -0.374 e. The Hall–Kier alpha value is -2.94. The number of aryl methyl sites for hydroxylation is 1. The first-order chi connectivity index (χ1) is 15.4. The van der Waals surface area contributed by atoms with Crippen molar-refractivity contribution in [1.82, 2.24) is 15.2 Å². The van der Waals surface area contributed by atoms with E-state index in [4.69, 9.17) is 4.74 Å². The van der Waals surface area contributed by atoms with Crippen molar-refractivity contribution in [3.63, 3.8) is 0 Å². The van der Waals surface area contributed by atoms with Crippen LogP contribution in [0.25, 0.3) is 10.9 Å². The van der Waals surface area contributed by atoms with E-state index in [9.17, 15) is 13.2 Å². The first-order valence-electron chi connectivity index (χ1n) is 10.8. The molecule has 0 spiro atoms. The SMILES string of the molecule is Cc1nnc(N[C@H](C)c2cccc(C(F)F)c2F)c2cc(N3CC4CCC3CO4)cnc12. The minimum absolute atomic E-state index is 0.146. The normalized spacial score (nSPS) is 21.4. The van der Waals surface area contributed by atoms with E-state index < -0.39 is 23.8 Å². The van der Waals surface area contributed by atoms with Gasteiger partial charge >= 0.3 is 0 Å². The largest absolute Gasteiger partial charge is 0.374 e. The third-order valence-corrected chi connectivity index (χ3v) is 6.40. The first kappa shape index (κ1) is 20.9. The fourth-order valence-corrected chi connectivity index (χ4v) is 4.63. The number of ether oxygens (including phenoxy) is 1. The molecule has 1 N–H and O–H groups in total. The maximum Gasteiger partial charge on any atom is 0.266 e. The average Bonchev–Trinajstić information content (AvgIpc) is 2.81. The van der Waals surface area contributed by atoms with Crippen molar-refractivity contribution in [3.05, 3.63) is 53.1 Å². The molecule has 3 fully saturated rings. The zero-order valence-electron chi connectivity index (χ0n) is 17.9. The van der Waals surface area contributed by atoms with Gasteiger partial charge in [-0.25, -0.2) is 13.2 Å². The molecular formula is C23H24F3N5O. The topological polar surface area (TPSA) is 63.2 Å². The van der Waals surface area contributed by atoms with Crippen LogP contribution in [0.1, 0.15) is 49.1 Å². The Kier molecular flexibility index (Phi) is 5.36. The highest BCUT2D eigenvalue weighted by Crippen LogP contribution is 2.35. The molecule has 3 aliphatic heterocycles. The molecule has 9 heteroatoms. The maximum atomic E-state index is 14.7. The quantitative estimate of drug-likeness (QED) is 0.602. The summed E-state index contributed by atoms with van der Waals surface area (Å²) in [5.74, 6) is -0.470. The van der Waals surface area contributed by atoms with E-state index in [0.29, 0.717) is 29.7 Å². The zero-order chi connectivity index (χ0) is 22.4. The molecule has 32 heavy (non-hydrogen) atoms. The van der Waals surface area contributed by atoms with E-state index in [1.165, 1.54) is 12.1 Å². The molecule has 168 valence electrons. The average molecular weight is 443 g/mol. The van der Waals surface area contributed by atoms with Gasteiger partial charge in [-0.3, -0.25) is 4.98 Å². The van der Waals surface area contributed by atoms with Crippen molar-refractivity contribution in [2.75, 3.05) is 23.4 Å². The van der Waals surface area contributed by atoms with Crippen LogP contribution in [0.4, 0.5) is 24.7 Å². The van der Waals surface area contributed by atoms with Gasteiger partial charge in [-0.05, 0) is 32.8 Å². The van der Waals surface area contributed by atoms with Gasteiger partial charge in [-0.15, -0.1) is 5.10 Å². The van der Waals surface area contributed by atoms with Crippen molar-refractivity contribution in [3.8, 4) is 0 Å². The summed E-state index contributed by atoms with van der Waals surface area (Å²) >= 11 is 0. The van der Waals surface area contributed by atoms with E-state index in [-0.39, 0.29) is 11.7 Å². The summed E-state index contributed by atoms with van der Waals surface area (Å²) in [5, 5.41) is 12.4. The lowest BCUT2D eigenvalue weighted by atomic mass is 9.96. The number of hydrogen-bond acceptors (Lipinski definition) is 6. The number of fused-ring (bicyclic) bond motifs is 4. The second-order valence-electron chi connectivity index (χ2n) is 8.48. The number of anilines is 2. The third-order valence-electron chi connectivity index (χ3n) is 6.40. The van der Waals surface area contributed by atoms with Gasteiger partial charge in [-0.1, -0.05) is 18.2 Å². The van der Waals surface area contributed by atoms with Crippen LogP contribution in [-0.4, -0.2) is 40.5 Å². The molecule has 3 atom stereocenters. The first-order valence-corrected chi connectivity index (χ1v) is 10.8. The van der Waals surface area contributed by atoms with Crippen molar-refractivity contribution in [2.24, 2.45) is 0 Å². The molecule has 6 nitrogen and oxygen atoms in total.